The lowest BCUT2D eigenvalue weighted by molar-refractivity contribution is 0.133. The van der Waals surface area contributed by atoms with E-state index in [-0.39, 0.29) is 0 Å². The van der Waals surface area contributed by atoms with Crippen LogP contribution in [-0.4, -0.2) is 28.0 Å². The summed E-state index contributed by atoms with van der Waals surface area (Å²) in [6.45, 7) is 2.28. The largest absolute Gasteiger partial charge is 0.331 e. The van der Waals surface area contributed by atoms with Crippen LogP contribution in [0.25, 0.3) is 11.0 Å². The first-order valence-electron chi connectivity index (χ1n) is 6.83. The summed E-state index contributed by atoms with van der Waals surface area (Å²) in [5.41, 5.74) is 4.67. The molecule has 2 aromatic heterocycles. The van der Waals surface area contributed by atoms with Crippen LogP contribution in [0.1, 0.15) is 30.5 Å². The van der Waals surface area contributed by atoms with Gasteiger partial charge in [0.25, 0.3) is 0 Å². The lowest BCUT2D eigenvalue weighted by Crippen LogP contribution is -2.48. The third-order valence-corrected chi connectivity index (χ3v) is 4.90. The van der Waals surface area contributed by atoms with Crippen molar-refractivity contribution in [2.75, 3.05) is 13.6 Å². The molecule has 18 heavy (non-hydrogen) atoms. The van der Waals surface area contributed by atoms with Crippen LogP contribution < -0.4 is 0 Å². The number of nitrogens with zero attached hydrogens (tertiary/aromatic N) is 3. The van der Waals surface area contributed by atoms with E-state index in [1.54, 1.807) is 5.56 Å². The number of fused-ring (bicyclic) bond motifs is 4. The molecule has 0 bridgehead atoms. The molecule has 3 heteroatoms. The second-order valence-corrected chi connectivity index (χ2v) is 6.06. The van der Waals surface area contributed by atoms with Gasteiger partial charge in [-0.3, -0.25) is 4.90 Å². The first-order chi connectivity index (χ1) is 8.71. The molecule has 1 fully saturated rings. The summed E-state index contributed by atoms with van der Waals surface area (Å²) in [5.74, 6) is 0. The fraction of sp³-hybridized carbons (Fsp3) is 0.533. The van der Waals surface area contributed by atoms with Crippen molar-refractivity contribution in [3.63, 3.8) is 0 Å². The zero-order valence-electron chi connectivity index (χ0n) is 11.1. The molecular weight excluding hydrogens is 222 g/mol. The van der Waals surface area contributed by atoms with Crippen LogP contribution in [0.4, 0.5) is 0 Å². The summed E-state index contributed by atoms with van der Waals surface area (Å²) in [7, 11) is 4.41. The number of hydrogen-bond donors (Lipinski definition) is 0. The average Bonchev–Trinajstić information content (AvgIpc) is 2.61. The maximum Gasteiger partial charge on any atom is 0.140 e. The summed E-state index contributed by atoms with van der Waals surface area (Å²) in [5, 5.41) is 1.39. The highest BCUT2D eigenvalue weighted by Crippen LogP contribution is 2.50. The highest BCUT2D eigenvalue weighted by Gasteiger charge is 2.46. The Morgan fingerprint density at radius 2 is 2.11 bits per heavy atom. The van der Waals surface area contributed by atoms with Crippen LogP contribution in [0.5, 0.6) is 0 Å². The van der Waals surface area contributed by atoms with Crippen molar-refractivity contribution in [1.29, 1.82) is 0 Å². The van der Waals surface area contributed by atoms with Gasteiger partial charge in [-0.05, 0) is 37.6 Å². The topological polar surface area (TPSA) is 21.1 Å². The fourth-order valence-corrected chi connectivity index (χ4v) is 4.01. The molecule has 2 aromatic rings. The van der Waals surface area contributed by atoms with Crippen molar-refractivity contribution in [3.05, 3.63) is 29.6 Å². The van der Waals surface area contributed by atoms with E-state index in [4.69, 9.17) is 0 Å². The minimum atomic E-state index is 0.422. The normalized spacial score (nSPS) is 22.1. The summed E-state index contributed by atoms with van der Waals surface area (Å²) in [4.78, 5) is 7.05. The molecule has 1 spiro atoms. The van der Waals surface area contributed by atoms with E-state index in [9.17, 15) is 0 Å². The molecule has 0 unspecified atom stereocenters. The highest BCUT2D eigenvalue weighted by atomic mass is 15.2. The van der Waals surface area contributed by atoms with Gasteiger partial charge < -0.3 is 4.57 Å². The molecule has 3 heterocycles. The molecule has 0 N–H and O–H groups in total. The van der Waals surface area contributed by atoms with Gasteiger partial charge in [0.05, 0.1) is 0 Å². The predicted octanol–water partition coefficient (Wildman–Crippen LogP) is 2.44. The summed E-state index contributed by atoms with van der Waals surface area (Å²) in [6, 6.07) is 4.33. The van der Waals surface area contributed by atoms with Crippen molar-refractivity contribution in [2.24, 2.45) is 7.05 Å². The number of likely N-dealkylation sites (N-methyl/N-ethyl adjacent to an activating group) is 1. The second-order valence-electron chi connectivity index (χ2n) is 6.06. The van der Waals surface area contributed by atoms with Crippen molar-refractivity contribution in [2.45, 2.75) is 31.2 Å². The third-order valence-electron chi connectivity index (χ3n) is 4.90. The standard InChI is InChI=1S/C15H19N3/c1-17-9-12-13(15(10-17)6-4-7-15)11-5-3-8-16-14(11)18(12)2/h3,5,8H,4,6-7,9-10H2,1-2H3. The molecular formula is C15H19N3. The molecule has 0 saturated heterocycles. The maximum atomic E-state index is 4.58. The quantitative estimate of drug-likeness (QED) is 0.706. The monoisotopic (exact) mass is 241 g/mol. The Labute approximate surface area is 107 Å². The Morgan fingerprint density at radius 3 is 2.83 bits per heavy atom. The molecule has 2 aliphatic rings. The van der Waals surface area contributed by atoms with Crippen molar-refractivity contribution in [1.82, 2.24) is 14.5 Å². The van der Waals surface area contributed by atoms with Gasteiger partial charge in [-0.2, -0.15) is 0 Å². The molecule has 0 radical (unpaired) electrons. The van der Waals surface area contributed by atoms with Gasteiger partial charge in [-0.1, -0.05) is 6.42 Å². The first kappa shape index (κ1) is 10.6. The molecule has 3 nitrogen and oxygen atoms in total. The minimum Gasteiger partial charge on any atom is -0.331 e. The van der Waals surface area contributed by atoms with Gasteiger partial charge in [0.15, 0.2) is 0 Å². The van der Waals surface area contributed by atoms with Crippen LogP contribution in [-0.2, 0) is 19.0 Å². The summed E-state index contributed by atoms with van der Waals surface area (Å²) < 4.78 is 2.31. The van der Waals surface area contributed by atoms with E-state index in [1.807, 2.05) is 6.20 Å². The maximum absolute atomic E-state index is 4.58. The van der Waals surface area contributed by atoms with Gasteiger partial charge in [0, 0.05) is 42.8 Å². The molecule has 1 aliphatic heterocycles. The van der Waals surface area contributed by atoms with Crippen molar-refractivity contribution in [3.8, 4) is 0 Å². The van der Waals surface area contributed by atoms with Gasteiger partial charge in [-0.25, -0.2) is 4.98 Å². The summed E-state index contributed by atoms with van der Waals surface area (Å²) >= 11 is 0. The van der Waals surface area contributed by atoms with E-state index >= 15 is 0 Å². The van der Waals surface area contributed by atoms with Gasteiger partial charge in [-0.15, -0.1) is 0 Å². The molecule has 1 saturated carbocycles. The smallest absolute Gasteiger partial charge is 0.140 e. The van der Waals surface area contributed by atoms with E-state index in [1.165, 1.54) is 36.9 Å². The molecule has 4 rings (SSSR count). The number of rotatable bonds is 0. The van der Waals surface area contributed by atoms with Crippen LogP contribution >= 0.6 is 0 Å². The third kappa shape index (κ3) is 1.15. The summed E-state index contributed by atoms with van der Waals surface area (Å²) in [6.07, 6.45) is 5.98. The molecule has 0 amide bonds. The Bertz CT molecular complexity index is 622. The van der Waals surface area contributed by atoms with Gasteiger partial charge in [0.1, 0.15) is 5.65 Å². The second kappa shape index (κ2) is 3.35. The Kier molecular flexibility index (Phi) is 1.97. The molecule has 1 aliphatic carbocycles. The van der Waals surface area contributed by atoms with E-state index in [0.29, 0.717) is 5.41 Å². The van der Waals surface area contributed by atoms with E-state index < -0.39 is 0 Å². The van der Waals surface area contributed by atoms with Gasteiger partial charge >= 0.3 is 0 Å². The Hall–Kier alpha value is -1.35. The lowest BCUT2D eigenvalue weighted by Gasteiger charge is -2.48. The first-order valence-corrected chi connectivity index (χ1v) is 6.83. The van der Waals surface area contributed by atoms with Gasteiger partial charge in [0.2, 0.25) is 0 Å². The van der Waals surface area contributed by atoms with Crippen LogP contribution in [0.3, 0.4) is 0 Å². The van der Waals surface area contributed by atoms with Crippen LogP contribution in [0, 0.1) is 0 Å². The van der Waals surface area contributed by atoms with Crippen LogP contribution in [0.15, 0.2) is 18.3 Å². The number of hydrogen-bond acceptors (Lipinski definition) is 2. The molecule has 94 valence electrons. The van der Waals surface area contributed by atoms with Crippen LogP contribution in [0.2, 0.25) is 0 Å². The van der Waals surface area contributed by atoms with E-state index in [2.05, 4.69) is 40.7 Å². The number of aromatic nitrogens is 2. The fourth-order valence-electron chi connectivity index (χ4n) is 4.01. The van der Waals surface area contributed by atoms with Crippen molar-refractivity contribution >= 4 is 11.0 Å². The number of pyridine rings is 1. The minimum absolute atomic E-state index is 0.422. The lowest BCUT2D eigenvalue weighted by atomic mass is 9.62. The number of aryl methyl sites for hydroxylation is 1. The molecule has 0 atom stereocenters. The predicted molar refractivity (Wildman–Crippen MR) is 72.6 cm³/mol. The zero-order chi connectivity index (χ0) is 12.3. The highest BCUT2D eigenvalue weighted by molar-refractivity contribution is 5.84. The SMILES string of the molecule is CN1Cc2c(c3cccnc3n2C)C2(CCC2)C1. The Balaban J connectivity index is 2.07. The van der Waals surface area contributed by atoms with E-state index in [0.717, 1.165) is 12.2 Å². The Morgan fingerprint density at radius 1 is 1.28 bits per heavy atom. The molecule has 0 aromatic carbocycles. The zero-order valence-corrected chi connectivity index (χ0v) is 11.1. The average molecular weight is 241 g/mol. The van der Waals surface area contributed by atoms with Crippen molar-refractivity contribution < 1.29 is 0 Å².